The molecule has 0 radical (unpaired) electrons. The summed E-state index contributed by atoms with van der Waals surface area (Å²) >= 11 is 0. The molecule has 1 saturated heterocycles. The fourth-order valence-electron chi connectivity index (χ4n) is 4.84. The first-order valence-electron chi connectivity index (χ1n) is 10.9. The van der Waals surface area contributed by atoms with Gasteiger partial charge in [0, 0.05) is 24.1 Å². The van der Waals surface area contributed by atoms with Gasteiger partial charge in [0.2, 0.25) is 11.8 Å². The molecule has 1 aromatic carbocycles. The Balaban J connectivity index is 1.49. The summed E-state index contributed by atoms with van der Waals surface area (Å²) in [6.07, 6.45) is -4.15. The molecule has 0 spiro atoms. The summed E-state index contributed by atoms with van der Waals surface area (Å²) in [5, 5.41) is 13.9. The van der Waals surface area contributed by atoms with Crippen LogP contribution in [0.4, 0.5) is 13.2 Å². The monoisotopic (exact) mass is 467 g/mol. The lowest BCUT2D eigenvalue weighted by Gasteiger charge is -2.33. The maximum Gasteiger partial charge on any atom is 0.408 e. The number of hydrogen-bond acceptors (Lipinski definition) is 5. The Kier molecular flexibility index (Phi) is 6.17. The number of fused-ring (bicyclic) bond motifs is 1. The molecule has 33 heavy (non-hydrogen) atoms. The van der Waals surface area contributed by atoms with Gasteiger partial charge in [0.25, 0.3) is 11.8 Å². The third-order valence-electron chi connectivity index (χ3n) is 6.64. The molecular weight excluding hydrogens is 443 g/mol. The number of hydrogen-bond donors (Lipinski definition) is 3. The number of piperidine rings is 1. The van der Waals surface area contributed by atoms with E-state index in [1.54, 1.807) is 0 Å². The Bertz CT molecular complexity index is 988. The predicted octanol–water partition coefficient (Wildman–Crippen LogP) is 1.66. The summed E-state index contributed by atoms with van der Waals surface area (Å²) in [6, 6.07) is 1.17. The Morgan fingerprint density at radius 1 is 1.12 bits per heavy atom. The summed E-state index contributed by atoms with van der Waals surface area (Å²) in [6.45, 7) is 0.0186. The highest BCUT2D eigenvalue weighted by atomic mass is 19.4. The van der Waals surface area contributed by atoms with Gasteiger partial charge in [-0.1, -0.05) is 0 Å². The largest absolute Gasteiger partial charge is 0.408 e. The molecular formula is C22H24F3N3O5. The number of carbonyl (C=O) groups is 4. The summed E-state index contributed by atoms with van der Waals surface area (Å²) in [4.78, 5) is 50.3. The van der Waals surface area contributed by atoms with Gasteiger partial charge in [-0.15, -0.1) is 0 Å². The van der Waals surface area contributed by atoms with Crippen molar-refractivity contribution in [2.24, 2.45) is 5.92 Å². The number of nitrogens with zero attached hydrogens (tertiary/aromatic N) is 1. The van der Waals surface area contributed by atoms with Crippen LogP contribution in [0.1, 0.15) is 64.8 Å². The minimum absolute atomic E-state index is 0.0169. The van der Waals surface area contributed by atoms with Gasteiger partial charge in [-0.25, -0.2) is 0 Å². The second-order valence-electron chi connectivity index (χ2n) is 8.83. The van der Waals surface area contributed by atoms with Gasteiger partial charge in [0.15, 0.2) is 0 Å². The summed E-state index contributed by atoms with van der Waals surface area (Å²) < 4.78 is 41.0. The molecule has 4 rings (SSSR count). The molecule has 2 fully saturated rings. The highest BCUT2D eigenvalue weighted by Crippen LogP contribution is 2.35. The molecule has 178 valence electrons. The van der Waals surface area contributed by atoms with E-state index in [4.69, 9.17) is 0 Å². The van der Waals surface area contributed by atoms with Gasteiger partial charge < -0.3 is 15.3 Å². The quantitative estimate of drug-likeness (QED) is 0.583. The normalized spacial score (nSPS) is 26.6. The van der Waals surface area contributed by atoms with Crippen molar-refractivity contribution < 1.29 is 37.5 Å². The van der Waals surface area contributed by atoms with Crippen molar-refractivity contribution in [3.05, 3.63) is 34.9 Å². The van der Waals surface area contributed by atoms with Crippen LogP contribution < -0.4 is 10.6 Å². The first kappa shape index (κ1) is 23.2. The van der Waals surface area contributed by atoms with Gasteiger partial charge in [0.05, 0.1) is 6.10 Å². The smallest absolute Gasteiger partial charge is 0.393 e. The van der Waals surface area contributed by atoms with E-state index in [0.717, 1.165) is 0 Å². The molecule has 1 aliphatic carbocycles. The first-order valence-corrected chi connectivity index (χ1v) is 10.9. The average molecular weight is 467 g/mol. The van der Waals surface area contributed by atoms with Gasteiger partial charge in [-0.2, -0.15) is 13.2 Å². The van der Waals surface area contributed by atoms with Crippen LogP contribution in [0.3, 0.4) is 0 Å². The Labute approximate surface area is 187 Å². The number of aliphatic hydroxyl groups is 1. The zero-order chi connectivity index (χ0) is 23.9. The van der Waals surface area contributed by atoms with Crippen molar-refractivity contribution in [2.75, 3.05) is 0 Å². The number of alkyl halides is 3. The van der Waals surface area contributed by atoms with E-state index in [9.17, 15) is 37.5 Å². The number of amides is 4. The van der Waals surface area contributed by atoms with E-state index in [-0.39, 0.29) is 56.2 Å². The predicted molar refractivity (Wildman–Crippen MR) is 108 cm³/mol. The van der Waals surface area contributed by atoms with Crippen LogP contribution >= 0.6 is 0 Å². The Morgan fingerprint density at radius 2 is 1.82 bits per heavy atom. The second-order valence-corrected chi connectivity index (χ2v) is 8.83. The molecule has 11 heteroatoms. The van der Waals surface area contributed by atoms with E-state index >= 15 is 0 Å². The van der Waals surface area contributed by atoms with Crippen LogP contribution in [0.25, 0.3) is 0 Å². The SMILES string of the molecule is O=C1CCC(N2Cc3cc(C(=O)N[C@H](C4CCC(O)CC4)C(F)(F)F)ccc3C2=O)C(=O)N1. The van der Waals surface area contributed by atoms with Crippen LogP contribution in [0.15, 0.2) is 18.2 Å². The number of halogens is 3. The van der Waals surface area contributed by atoms with E-state index in [2.05, 4.69) is 10.6 Å². The molecule has 1 aromatic rings. The van der Waals surface area contributed by atoms with E-state index in [1.165, 1.54) is 23.1 Å². The molecule has 2 heterocycles. The zero-order valence-electron chi connectivity index (χ0n) is 17.7. The number of nitrogens with one attached hydrogen (secondary N) is 2. The van der Waals surface area contributed by atoms with E-state index in [1.807, 2.05) is 0 Å². The van der Waals surface area contributed by atoms with Crippen molar-refractivity contribution in [1.82, 2.24) is 15.5 Å². The van der Waals surface area contributed by atoms with Gasteiger partial charge >= 0.3 is 6.18 Å². The lowest BCUT2D eigenvalue weighted by atomic mass is 9.82. The lowest BCUT2D eigenvalue weighted by molar-refractivity contribution is -0.169. The molecule has 3 N–H and O–H groups in total. The number of benzene rings is 1. The minimum Gasteiger partial charge on any atom is -0.393 e. The molecule has 2 atom stereocenters. The van der Waals surface area contributed by atoms with E-state index < -0.39 is 53.9 Å². The Morgan fingerprint density at radius 3 is 2.45 bits per heavy atom. The van der Waals surface area contributed by atoms with Gasteiger partial charge in [0.1, 0.15) is 12.1 Å². The fraction of sp³-hybridized carbons (Fsp3) is 0.545. The molecule has 0 aromatic heterocycles. The summed E-state index contributed by atoms with van der Waals surface area (Å²) in [5.74, 6) is -3.14. The van der Waals surface area contributed by atoms with E-state index in [0.29, 0.717) is 5.56 Å². The molecule has 3 aliphatic rings. The molecule has 2 aliphatic heterocycles. The van der Waals surface area contributed by atoms with Crippen LogP contribution in [0, 0.1) is 5.92 Å². The highest BCUT2D eigenvalue weighted by Gasteiger charge is 2.46. The third kappa shape index (κ3) is 4.73. The van der Waals surface area contributed by atoms with Crippen molar-refractivity contribution >= 4 is 23.6 Å². The molecule has 4 amide bonds. The first-order chi connectivity index (χ1) is 15.5. The average Bonchev–Trinajstić information content (AvgIpc) is 3.07. The van der Waals surface area contributed by atoms with Gasteiger partial charge in [-0.05, 0) is 61.8 Å². The fourth-order valence-corrected chi connectivity index (χ4v) is 4.84. The lowest BCUT2D eigenvalue weighted by Crippen LogP contribution is -2.52. The van der Waals surface area contributed by atoms with Gasteiger partial charge in [-0.3, -0.25) is 24.5 Å². The highest BCUT2D eigenvalue weighted by molar-refractivity contribution is 6.06. The summed E-state index contributed by atoms with van der Waals surface area (Å²) in [7, 11) is 0. The maximum atomic E-state index is 13.7. The number of aliphatic hydroxyl groups excluding tert-OH is 1. The van der Waals surface area contributed by atoms with Crippen molar-refractivity contribution in [3.8, 4) is 0 Å². The Hall–Kier alpha value is -2.95. The van der Waals surface area contributed by atoms with Crippen molar-refractivity contribution in [2.45, 2.75) is 69.4 Å². The van der Waals surface area contributed by atoms with Crippen LogP contribution in [-0.2, 0) is 16.1 Å². The zero-order valence-corrected chi connectivity index (χ0v) is 17.7. The summed E-state index contributed by atoms with van der Waals surface area (Å²) in [5.41, 5.74) is 0.684. The van der Waals surface area contributed by atoms with Crippen molar-refractivity contribution in [3.63, 3.8) is 0 Å². The maximum absolute atomic E-state index is 13.7. The number of imide groups is 1. The second kappa shape index (κ2) is 8.77. The van der Waals surface area contributed by atoms with Crippen LogP contribution in [0.2, 0.25) is 0 Å². The topological polar surface area (TPSA) is 116 Å². The minimum atomic E-state index is -4.64. The van der Waals surface area contributed by atoms with Crippen LogP contribution in [0.5, 0.6) is 0 Å². The van der Waals surface area contributed by atoms with Crippen molar-refractivity contribution in [1.29, 1.82) is 0 Å². The molecule has 1 unspecified atom stereocenters. The molecule has 8 nitrogen and oxygen atoms in total. The molecule has 1 saturated carbocycles. The molecule has 0 bridgehead atoms. The number of rotatable bonds is 4. The number of carbonyl (C=O) groups excluding carboxylic acids is 4. The standard InChI is InChI=1S/C22H24F3N3O5/c23-22(24,25)18(11-1-4-14(29)5-2-11)27-19(31)12-3-6-15-13(9-12)10-28(21(15)33)16-7-8-17(30)26-20(16)32/h3,6,9,11,14,16,18,29H,1-2,4-5,7-8,10H2,(H,27,31)(H,26,30,32)/t11?,14?,16?,18-/m1/s1. The van der Waals surface area contributed by atoms with Crippen LogP contribution in [-0.4, -0.2) is 58.0 Å². The third-order valence-corrected chi connectivity index (χ3v) is 6.64.